The number of hydrogen-bond acceptors (Lipinski definition) is 4. The van der Waals surface area contributed by atoms with Crippen LogP contribution in [0, 0.1) is 0 Å². The lowest BCUT2D eigenvalue weighted by molar-refractivity contribution is -0.134. The minimum atomic E-state index is -0.370. The first-order chi connectivity index (χ1) is 11.8. The van der Waals surface area contributed by atoms with Gasteiger partial charge in [-0.2, -0.15) is 0 Å². The first kappa shape index (κ1) is 17.9. The van der Waals surface area contributed by atoms with E-state index in [2.05, 4.69) is 10.3 Å². The molecule has 24 heavy (non-hydrogen) atoms. The molecule has 126 valence electrons. The van der Waals surface area contributed by atoms with Crippen LogP contribution in [0.1, 0.15) is 23.6 Å². The van der Waals surface area contributed by atoms with Crippen molar-refractivity contribution in [1.82, 2.24) is 5.32 Å². The number of nitrogens with one attached hydrogen (secondary N) is 1. The van der Waals surface area contributed by atoms with Gasteiger partial charge in [-0.3, -0.25) is 4.99 Å². The number of aliphatic imine (C=N–C) groups is 1. The molecule has 0 aliphatic carbocycles. The van der Waals surface area contributed by atoms with E-state index in [0.29, 0.717) is 18.9 Å². The standard InChI is InChI=1S/C20H24N2O2/c1-3-24-20(23)19(22-15-16-9-5-4-6-10-16)18-12-8-7-11-17(18)13-14-21-2/h4-12,21H,3,13-15H2,1-2H3. The fourth-order valence-corrected chi connectivity index (χ4v) is 2.44. The lowest BCUT2D eigenvalue weighted by Crippen LogP contribution is -2.22. The van der Waals surface area contributed by atoms with Gasteiger partial charge in [-0.1, -0.05) is 54.6 Å². The maximum absolute atomic E-state index is 12.4. The van der Waals surface area contributed by atoms with Crippen LogP contribution in [-0.2, 0) is 22.5 Å². The molecule has 0 aromatic heterocycles. The van der Waals surface area contributed by atoms with Crippen molar-refractivity contribution in [2.24, 2.45) is 4.99 Å². The molecule has 0 fully saturated rings. The molecule has 0 aliphatic heterocycles. The van der Waals surface area contributed by atoms with Crippen molar-refractivity contribution in [1.29, 1.82) is 0 Å². The molecule has 1 N–H and O–H groups in total. The van der Waals surface area contributed by atoms with Gasteiger partial charge in [0.05, 0.1) is 13.2 Å². The molecule has 4 nitrogen and oxygen atoms in total. The Labute approximate surface area is 143 Å². The number of hydrogen-bond donors (Lipinski definition) is 1. The fourth-order valence-electron chi connectivity index (χ4n) is 2.44. The summed E-state index contributed by atoms with van der Waals surface area (Å²) in [7, 11) is 1.92. The van der Waals surface area contributed by atoms with Gasteiger partial charge in [-0.25, -0.2) is 4.79 Å². The summed E-state index contributed by atoms with van der Waals surface area (Å²) in [5, 5.41) is 3.14. The molecule has 0 aliphatic rings. The predicted molar refractivity (Wildman–Crippen MR) is 97.4 cm³/mol. The summed E-state index contributed by atoms with van der Waals surface area (Å²) in [6.45, 7) is 3.43. The molecule has 0 saturated heterocycles. The largest absolute Gasteiger partial charge is 0.461 e. The summed E-state index contributed by atoms with van der Waals surface area (Å²) < 4.78 is 5.22. The van der Waals surface area contributed by atoms with Gasteiger partial charge in [0.1, 0.15) is 0 Å². The van der Waals surface area contributed by atoms with Crippen LogP contribution in [0.5, 0.6) is 0 Å². The molecule has 0 bridgehead atoms. The molecule has 0 spiro atoms. The molecular formula is C20H24N2O2. The van der Waals surface area contributed by atoms with E-state index in [1.807, 2.05) is 61.6 Å². The monoisotopic (exact) mass is 324 g/mol. The minimum Gasteiger partial charge on any atom is -0.461 e. The van der Waals surface area contributed by atoms with E-state index in [1.165, 1.54) is 0 Å². The summed E-state index contributed by atoms with van der Waals surface area (Å²) in [5.74, 6) is -0.370. The molecule has 0 saturated carbocycles. The van der Waals surface area contributed by atoms with Crippen molar-refractivity contribution in [2.45, 2.75) is 19.9 Å². The Morgan fingerprint density at radius 2 is 1.79 bits per heavy atom. The molecule has 4 heteroatoms. The van der Waals surface area contributed by atoms with Crippen LogP contribution in [0.4, 0.5) is 0 Å². The van der Waals surface area contributed by atoms with Crippen LogP contribution in [-0.4, -0.2) is 31.9 Å². The van der Waals surface area contributed by atoms with Crippen molar-refractivity contribution in [3.05, 3.63) is 71.3 Å². The number of carbonyl (C=O) groups excluding carboxylic acids is 1. The van der Waals surface area contributed by atoms with E-state index in [0.717, 1.165) is 29.7 Å². The topological polar surface area (TPSA) is 50.7 Å². The maximum atomic E-state index is 12.4. The molecule has 2 aromatic rings. The molecular weight excluding hydrogens is 300 g/mol. The number of carbonyl (C=O) groups is 1. The van der Waals surface area contributed by atoms with E-state index in [9.17, 15) is 4.79 Å². The van der Waals surface area contributed by atoms with Crippen molar-refractivity contribution < 1.29 is 9.53 Å². The molecule has 0 unspecified atom stereocenters. The Morgan fingerprint density at radius 3 is 2.50 bits per heavy atom. The van der Waals surface area contributed by atoms with Crippen molar-refractivity contribution in [2.75, 3.05) is 20.2 Å². The van der Waals surface area contributed by atoms with E-state index < -0.39 is 0 Å². The number of benzene rings is 2. The van der Waals surface area contributed by atoms with E-state index in [1.54, 1.807) is 6.92 Å². The summed E-state index contributed by atoms with van der Waals surface area (Å²) >= 11 is 0. The van der Waals surface area contributed by atoms with Gasteiger partial charge >= 0.3 is 5.97 Å². The fraction of sp³-hybridized carbons (Fsp3) is 0.300. The van der Waals surface area contributed by atoms with E-state index in [-0.39, 0.29) is 5.97 Å². The second kappa shape index (κ2) is 9.63. The number of ether oxygens (including phenoxy) is 1. The Kier molecular flexibility index (Phi) is 7.18. The van der Waals surface area contributed by atoms with Gasteiger partial charge in [0.2, 0.25) is 0 Å². The van der Waals surface area contributed by atoms with E-state index >= 15 is 0 Å². The van der Waals surface area contributed by atoms with Gasteiger partial charge in [0, 0.05) is 5.56 Å². The zero-order valence-electron chi connectivity index (χ0n) is 14.3. The van der Waals surface area contributed by atoms with Crippen LogP contribution in [0.2, 0.25) is 0 Å². The second-order valence-electron chi connectivity index (χ2n) is 5.38. The van der Waals surface area contributed by atoms with Gasteiger partial charge in [-0.05, 0) is 38.1 Å². The summed E-state index contributed by atoms with van der Waals surface area (Å²) in [6.07, 6.45) is 0.830. The molecule has 2 aromatic carbocycles. The highest BCUT2D eigenvalue weighted by Crippen LogP contribution is 2.13. The smallest absolute Gasteiger partial charge is 0.357 e. The van der Waals surface area contributed by atoms with Gasteiger partial charge < -0.3 is 10.1 Å². The van der Waals surface area contributed by atoms with Crippen molar-refractivity contribution in [3.63, 3.8) is 0 Å². The van der Waals surface area contributed by atoms with Crippen LogP contribution >= 0.6 is 0 Å². The Hall–Kier alpha value is -2.46. The molecule has 0 atom stereocenters. The lowest BCUT2D eigenvalue weighted by atomic mass is 10.00. The number of rotatable bonds is 8. The average molecular weight is 324 g/mol. The second-order valence-corrected chi connectivity index (χ2v) is 5.38. The average Bonchev–Trinajstić information content (AvgIpc) is 2.62. The zero-order valence-corrected chi connectivity index (χ0v) is 14.3. The van der Waals surface area contributed by atoms with Gasteiger partial charge in [-0.15, -0.1) is 0 Å². The maximum Gasteiger partial charge on any atom is 0.357 e. The van der Waals surface area contributed by atoms with Crippen molar-refractivity contribution >= 4 is 11.7 Å². The lowest BCUT2D eigenvalue weighted by Gasteiger charge is -2.12. The molecule has 0 heterocycles. The van der Waals surface area contributed by atoms with Crippen LogP contribution in [0.3, 0.4) is 0 Å². The first-order valence-corrected chi connectivity index (χ1v) is 8.24. The zero-order chi connectivity index (χ0) is 17.2. The number of nitrogens with zero attached hydrogens (tertiary/aromatic N) is 1. The Bertz CT molecular complexity index is 681. The molecule has 0 amide bonds. The predicted octanol–water partition coefficient (Wildman–Crippen LogP) is 3.00. The summed E-state index contributed by atoms with van der Waals surface area (Å²) in [5.41, 5.74) is 3.40. The third-order valence-corrected chi connectivity index (χ3v) is 3.65. The quantitative estimate of drug-likeness (QED) is 0.600. The normalized spacial score (nSPS) is 11.3. The Balaban J connectivity index is 2.34. The van der Waals surface area contributed by atoms with Gasteiger partial charge in [0.25, 0.3) is 0 Å². The highest BCUT2D eigenvalue weighted by molar-refractivity contribution is 6.43. The van der Waals surface area contributed by atoms with Crippen LogP contribution < -0.4 is 5.32 Å². The third kappa shape index (κ3) is 5.03. The van der Waals surface area contributed by atoms with Crippen LogP contribution in [0.25, 0.3) is 0 Å². The SMILES string of the molecule is CCOC(=O)C(=NCc1ccccc1)c1ccccc1CCNC. The van der Waals surface area contributed by atoms with Crippen molar-refractivity contribution in [3.8, 4) is 0 Å². The number of likely N-dealkylation sites (N-methyl/N-ethyl adjacent to an activating group) is 1. The third-order valence-electron chi connectivity index (χ3n) is 3.65. The first-order valence-electron chi connectivity index (χ1n) is 8.24. The van der Waals surface area contributed by atoms with Gasteiger partial charge in [0.15, 0.2) is 5.71 Å². The minimum absolute atomic E-state index is 0.335. The summed E-state index contributed by atoms with van der Waals surface area (Å²) in [4.78, 5) is 17.0. The molecule has 0 radical (unpaired) electrons. The molecule has 2 rings (SSSR count). The highest BCUT2D eigenvalue weighted by atomic mass is 16.5. The highest BCUT2D eigenvalue weighted by Gasteiger charge is 2.18. The van der Waals surface area contributed by atoms with E-state index in [4.69, 9.17) is 4.74 Å². The van der Waals surface area contributed by atoms with Crippen LogP contribution in [0.15, 0.2) is 59.6 Å². The number of esters is 1. The Morgan fingerprint density at radius 1 is 1.08 bits per heavy atom. The summed E-state index contributed by atoms with van der Waals surface area (Å²) in [6, 6.07) is 17.8.